The number of nitro benzene ring substituents is 1. The van der Waals surface area contributed by atoms with Crippen molar-refractivity contribution in [2.45, 2.75) is 26.2 Å². The first-order valence-electron chi connectivity index (χ1n) is 10.4. The number of benzene rings is 2. The second-order valence-corrected chi connectivity index (χ2v) is 8.07. The molecular formula is C24H23N3O5. The lowest BCUT2D eigenvalue weighted by Gasteiger charge is -2.25. The lowest BCUT2D eigenvalue weighted by atomic mass is 9.85. The van der Waals surface area contributed by atoms with Gasteiger partial charge in [0, 0.05) is 41.1 Å². The van der Waals surface area contributed by atoms with E-state index in [4.69, 9.17) is 0 Å². The van der Waals surface area contributed by atoms with Crippen LogP contribution in [0.25, 0.3) is 22.3 Å². The number of carboxylic acids is 1. The topological polar surface area (TPSA) is 125 Å². The van der Waals surface area contributed by atoms with Crippen molar-refractivity contribution in [3.63, 3.8) is 0 Å². The molecule has 1 aliphatic carbocycles. The second-order valence-electron chi connectivity index (χ2n) is 8.07. The Labute approximate surface area is 184 Å². The summed E-state index contributed by atoms with van der Waals surface area (Å²) >= 11 is 0. The number of nitrogens with zero attached hydrogens (tertiary/aromatic N) is 1. The van der Waals surface area contributed by atoms with Crippen LogP contribution >= 0.6 is 0 Å². The van der Waals surface area contributed by atoms with Crippen molar-refractivity contribution in [3.8, 4) is 22.3 Å². The van der Waals surface area contributed by atoms with E-state index in [0.29, 0.717) is 46.0 Å². The molecule has 1 saturated carbocycles. The molecule has 3 aromatic rings. The third kappa shape index (κ3) is 4.12. The van der Waals surface area contributed by atoms with Crippen LogP contribution in [0.1, 0.15) is 45.8 Å². The van der Waals surface area contributed by atoms with Gasteiger partial charge in [-0.1, -0.05) is 18.6 Å². The maximum absolute atomic E-state index is 12.4. The second kappa shape index (κ2) is 8.66. The number of aromatic amines is 1. The minimum absolute atomic E-state index is 0.0260. The molecule has 0 aliphatic heterocycles. The molecule has 1 heterocycles. The molecule has 0 spiro atoms. The average Bonchev–Trinajstić information content (AvgIpc) is 3.10. The number of non-ortho nitro benzene ring substituents is 1. The van der Waals surface area contributed by atoms with Crippen molar-refractivity contribution in [3.05, 3.63) is 75.6 Å². The number of aryl methyl sites for hydroxylation is 1. The van der Waals surface area contributed by atoms with Crippen LogP contribution in [0.15, 0.2) is 48.5 Å². The highest BCUT2D eigenvalue weighted by molar-refractivity contribution is 6.02. The number of aromatic carboxylic acids is 1. The van der Waals surface area contributed by atoms with Crippen molar-refractivity contribution in [1.29, 1.82) is 0 Å². The summed E-state index contributed by atoms with van der Waals surface area (Å²) in [5.41, 5.74) is 3.55. The Kier molecular flexibility index (Phi) is 5.77. The minimum atomic E-state index is -1.11. The number of carbonyl (C=O) groups is 2. The van der Waals surface area contributed by atoms with E-state index >= 15 is 0 Å². The third-order valence-electron chi connectivity index (χ3n) is 5.98. The first-order valence-corrected chi connectivity index (χ1v) is 10.4. The highest BCUT2D eigenvalue weighted by Gasteiger charge is 2.23. The van der Waals surface area contributed by atoms with E-state index in [2.05, 4.69) is 10.3 Å². The molecule has 3 N–H and O–H groups in total. The summed E-state index contributed by atoms with van der Waals surface area (Å²) in [6, 6.07) is 12.8. The van der Waals surface area contributed by atoms with E-state index < -0.39 is 10.9 Å². The van der Waals surface area contributed by atoms with Gasteiger partial charge in [-0.25, -0.2) is 4.79 Å². The Hall–Kier alpha value is -3.94. The average molecular weight is 433 g/mol. The molecule has 1 aromatic heterocycles. The number of hydrogen-bond donors (Lipinski definition) is 3. The summed E-state index contributed by atoms with van der Waals surface area (Å²) in [6.45, 7) is 2.43. The molecular weight excluding hydrogens is 410 g/mol. The number of carboxylic acid groups (broad SMARTS) is 1. The predicted molar refractivity (Wildman–Crippen MR) is 120 cm³/mol. The Morgan fingerprint density at radius 1 is 1.06 bits per heavy atom. The number of carbonyl (C=O) groups excluding carboxylic acids is 1. The zero-order valence-corrected chi connectivity index (χ0v) is 17.6. The highest BCUT2D eigenvalue weighted by atomic mass is 16.6. The van der Waals surface area contributed by atoms with Gasteiger partial charge in [0.25, 0.3) is 11.6 Å². The number of aromatic nitrogens is 1. The zero-order chi connectivity index (χ0) is 22.8. The van der Waals surface area contributed by atoms with Gasteiger partial charge in [0.05, 0.1) is 4.92 Å². The van der Waals surface area contributed by atoms with Crippen molar-refractivity contribution in [1.82, 2.24) is 10.3 Å². The van der Waals surface area contributed by atoms with Gasteiger partial charge in [0.1, 0.15) is 5.69 Å². The summed E-state index contributed by atoms with van der Waals surface area (Å²) in [4.78, 5) is 37.7. The molecule has 0 saturated heterocycles. The van der Waals surface area contributed by atoms with Crippen molar-refractivity contribution in [2.24, 2.45) is 5.92 Å². The van der Waals surface area contributed by atoms with Crippen LogP contribution in [0, 0.1) is 23.0 Å². The van der Waals surface area contributed by atoms with Crippen LogP contribution in [-0.2, 0) is 0 Å². The van der Waals surface area contributed by atoms with Crippen LogP contribution < -0.4 is 5.32 Å². The van der Waals surface area contributed by atoms with E-state index in [1.165, 1.54) is 18.6 Å². The van der Waals surface area contributed by atoms with Crippen LogP contribution in [0.3, 0.4) is 0 Å². The van der Waals surface area contributed by atoms with Gasteiger partial charge < -0.3 is 15.4 Å². The number of hydrogen-bond acceptors (Lipinski definition) is 4. The maximum Gasteiger partial charge on any atom is 0.352 e. The van der Waals surface area contributed by atoms with E-state index in [-0.39, 0.29) is 17.3 Å². The minimum Gasteiger partial charge on any atom is -0.477 e. The molecule has 8 nitrogen and oxygen atoms in total. The number of H-pyrrole nitrogens is 1. The van der Waals surface area contributed by atoms with Crippen LogP contribution in [0.5, 0.6) is 0 Å². The lowest BCUT2D eigenvalue weighted by Crippen LogP contribution is -2.32. The number of nitro groups is 1. The Morgan fingerprint density at radius 3 is 2.19 bits per heavy atom. The third-order valence-corrected chi connectivity index (χ3v) is 5.98. The highest BCUT2D eigenvalue weighted by Crippen LogP contribution is 2.38. The standard InChI is InChI=1S/C24H23N3O5/c1-14-20(16-9-11-19(12-10-16)27(31)32)21(22(26-14)24(29)30)17-5-7-18(8-6-17)23(28)25-13-15-3-2-4-15/h5-12,15,26H,2-4,13H2,1H3,(H,25,28)(H,29,30). The maximum atomic E-state index is 12.4. The smallest absolute Gasteiger partial charge is 0.352 e. The van der Waals surface area contributed by atoms with Crippen molar-refractivity contribution < 1.29 is 19.6 Å². The van der Waals surface area contributed by atoms with E-state index in [1.807, 2.05) is 0 Å². The van der Waals surface area contributed by atoms with Gasteiger partial charge in [-0.3, -0.25) is 14.9 Å². The van der Waals surface area contributed by atoms with E-state index in [1.54, 1.807) is 43.3 Å². The Bertz CT molecular complexity index is 1180. The van der Waals surface area contributed by atoms with E-state index in [9.17, 15) is 24.8 Å². The fourth-order valence-corrected chi connectivity index (χ4v) is 4.01. The summed E-state index contributed by atoms with van der Waals surface area (Å²) in [6.07, 6.45) is 3.51. The number of nitrogens with one attached hydrogen (secondary N) is 2. The molecule has 4 rings (SSSR count). The first kappa shape index (κ1) is 21.3. The van der Waals surface area contributed by atoms with Crippen LogP contribution in [0.2, 0.25) is 0 Å². The molecule has 164 valence electrons. The summed E-state index contributed by atoms with van der Waals surface area (Å²) < 4.78 is 0. The fourth-order valence-electron chi connectivity index (χ4n) is 4.01. The van der Waals surface area contributed by atoms with E-state index in [0.717, 1.165) is 12.8 Å². The van der Waals surface area contributed by atoms with Gasteiger partial charge in [-0.2, -0.15) is 0 Å². The molecule has 8 heteroatoms. The molecule has 2 aromatic carbocycles. The fraction of sp³-hybridized carbons (Fsp3) is 0.250. The van der Waals surface area contributed by atoms with Gasteiger partial charge in [0.15, 0.2) is 0 Å². The van der Waals surface area contributed by atoms with Gasteiger partial charge >= 0.3 is 5.97 Å². The van der Waals surface area contributed by atoms with Crippen LogP contribution in [-0.4, -0.2) is 33.4 Å². The molecule has 0 bridgehead atoms. The number of amides is 1. The molecule has 1 amide bonds. The van der Waals surface area contributed by atoms with Gasteiger partial charge in [-0.15, -0.1) is 0 Å². The van der Waals surface area contributed by atoms with Crippen LogP contribution in [0.4, 0.5) is 5.69 Å². The number of rotatable bonds is 7. The quantitative estimate of drug-likeness (QED) is 0.365. The Balaban J connectivity index is 1.68. The first-order chi connectivity index (χ1) is 15.3. The lowest BCUT2D eigenvalue weighted by molar-refractivity contribution is -0.384. The molecule has 0 atom stereocenters. The van der Waals surface area contributed by atoms with Crippen molar-refractivity contribution >= 4 is 17.6 Å². The van der Waals surface area contributed by atoms with Gasteiger partial charge in [-0.05, 0) is 61.1 Å². The largest absolute Gasteiger partial charge is 0.477 e. The predicted octanol–water partition coefficient (Wildman–Crippen LogP) is 4.79. The summed E-state index contributed by atoms with van der Waals surface area (Å²) in [5, 5.41) is 23.7. The molecule has 1 aliphatic rings. The molecule has 0 unspecified atom stereocenters. The van der Waals surface area contributed by atoms with Gasteiger partial charge in [0.2, 0.25) is 0 Å². The summed E-state index contributed by atoms with van der Waals surface area (Å²) in [5.74, 6) is -0.704. The SMILES string of the molecule is Cc1[nH]c(C(=O)O)c(-c2ccc(C(=O)NCC3CCC3)cc2)c1-c1ccc([N+](=O)[O-])cc1. The summed E-state index contributed by atoms with van der Waals surface area (Å²) in [7, 11) is 0. The Morgan fingerprint density at radius 2 is 1.66 bits per heavy atom. The normalized spacial score (nSPS) is 13.4. The molecule has 0 radical (unpaired) electrons. The zero-order valence-electron chi connectivity index (χ0n) is 17.6. The molecule has 32 heavy (non-hydrogen) atoms. The monoisotopic (exact) mass is 433 g/mol. The van der Waals surface area contributed by atoms with Crippen molar-refractivity contribution in [2.75, 3.05) is 6.54 Å². The molecule has 1 fully saturated rings.